The van der Waals surface area contributed by atoms with E-state index in [1.807, 2.05) is 19.1 Å². The molecule has 3 rings (SSSR count). The average Bonchev–Trinajstić information content (AvgIpc) is 2.74. The molecule has 0 saturated heterocycles. The lowest BCUT2D eigenvalue weighted by molar-refractivity contribution is 0.0953. The summed E-state index contributed by atoms with van der Waals surface area (Å²) in [4.78, 5) is 12.5. The molecule has 0 bridgehead atoms. The first-order valence-corrected chi connectivity index (χ1v) is 11.4. The first-order valence-electron chi connectivity index (χ1n) is 9.87. The zero-order valence-corrected chi connectivity index (χ0v) is 18.0. The number of amides is 1. The molecule has 30 heavy (non-hydrogen) atoms. The summed E-state index contributed by atoms with van der Waals surface area (Å²) in [5.74, 6) is -0.286. The highest BCUT2D eigenvalue weighted by molar-refractivity contribution is 7.92. The van der Waals surface area contributed by atoms with Crippen LogP contribution in [0.2, 0.25) is 0 Å². The van der Waals surface area contributed by atoms with E-state index >= 15 is 0 Å². The molecule has 0 radical (unpaired) electrons. The summed E-state index contributed by atoms with van der Waals surface area (Å²) in [5.41, 5.74) is 4.28. The number of anilines is 1. The van der Waals surface area contributed by atoms with Crippen molar-refractivity contribution in [3.05, 3.63) is 95.1 Å². The normalized spacial score (nSPS) is 11.1. The summed E-state index contributed by atoms with van der Waals surface area (Å²) in [6, 6.07) is 21.5. The van der Waals surface area contributed by atoms with E-state index < -0.39 is 10.0 Å². The molecule has 0 saturated carbocycles. The SMILES string of the molecule is Cc1ccc(CCCNC(=O)c2cccc(S(=O)(=O)Nc3ccc(C)cc3)c2)cc1. The van der Waals surface area contributed by atoms with Crippen LogP contribution in [0.5, 0.6) is 0 Å². The number of carbonyl (C=O) groups excluding carboxylic acids is 1. The van der Waals surface area contributed by atoms with Crippen molar-refractivity contribution in [3.63, 3.8) is 0 Å². The Labute approximate surface area is 178 Å². The Morgan fingerprint density at radius 3 is 2.17 bits per heavy atom. The minimum atomic E-state index is -3.78. The number of carbonyl (C=O) groups is 1. The molecule has 0 atom stereocenters. The summed E-state index contributed by atoms with van der Waals surface area (Å²) in [7, 11) is -3.78. The maximum Gasteiger partial charge on any atom is 0.261 e. The van der Waals surface area contributed by atoms with Crippen molar-refractivity contribution in [2.24, 2.45) is 0 Å². The Morgan fingerprint density at radius 1 is 0.867 bits per heavy atom. The Balaban J connectivity index is 1.58. The van der Waals surface area contributed by atoms with Crippen molar-refractivity contribution in [2.45, 2.75) is 31.6 Å². The van der Waals surface area contributed by atoms with Gasteiger partial charge < -0.3 is 5.32 Å². The predicted molar refractivity (Wildman–Crippen MR) is 120 cm³/mol. The second-order valence-electron chi connectivity index (χ2n) is 7.34. The zero-order chi connectivity index (χ0) is 21.6. The Morgan fingerprint density at radius 2 is 1.50 bits per heavy atom. The first kappa shape index (κ1) is 21.6. The fourth-order valence-corrected chi connectivity index (χ4v) is 4.10. The zero-order valence-electron chi connectivity index (χ0n) is 17.2. The summed E-state index contributed by atoms with van der Waals surface area (Å²) >= 11 is 0. The summed E-state index contributed by atoms with van der Waals surface area (Å²) in [6.07, 6.45) is 1.68. The highest BCUT2D eigenvalue weighted by Crippen LogP contribution is 2.18. The minimum absolute atomic E-state index is 0.0513. The lowest BCUT2D eigenvalue weighted by atomic mass is 10.1. The quantitative estimate of drug-likeness (QED) is 0.526. The minimum Gasteiger partial charge on any atom is -0.352 e. The molecule has 3 aromatic rings. The van der Waals surface area contributed by atoms with Crippen LogP contribution in [-0.4, -0.2) is 20.9 Å². The van der Waals surface area contributed by atoms with Crippen LogP contribution >= 0.6 is 0 Å². The molecule has 0 fully saturated rings. The average molecular weight is 423 g/mol. The van der Waals surface area contributed by atoms with Gasteiger partial charge in [-0.25, -0.2) is 8.42 Å². The lowest BCUT2D eigenvalue weighted by Gasteiger charge is -2.10. The molecule has 1 amide bonds. The molecule has 156 valence electrons. The van der Waals surface area contributed by atoms with E-state index in [-0.39, 0.29) is 10.8 Å². The Bertz CT molecular complexity index is 1110. The summed E-state index contributed by atoms with van der Waals surface area (Å²) < 4.78 is 27.9. The van der Waals surface area contributed by atoms with Crippen molar-refractivity contribution < 1.29 is 13.2 Å². The smallest absolute Gasteiger partial charge is 0.261 e. The summed E-state index contributed by atoms with van der Waals surface area (Å²) in [5, 5.41) is 2.86. The van der Waals surface area contributed by atoms with E-state index in [1.54, 1.807) is 24.3 Å². The van der Waals surface area contributed by atoms with Gasteiger partial charge in [0, 0.05) is 17.8 Å². The van der Waals surface area contributed by atoms with E-state index in [1.165, 1.54) is 23.3 Å². The molecule has 0 aromatic heterocycles. The number of hydrogen-bond acceptors (Lipinski definition) is 3. The molecule has 3 aromatic carbocycles. The number of benzene rings is 3. The number of rotatable bonds is 8. The fraction of sp³-hybridized carbons (Fsp3) is 0.208. The van der Waals surface area contributed by atoms with Gasteiger partial charge in [-0.15, -0.1) is 0 Å². The molecular weight excluding hydrogens is 396 g/mol. The molecular formula is C24H26N2O3S. The van der Waals surface area contributed by atoms with Crippen LogP contribution in [0.3, 0.4) is 0 Å². The molecule has 2 N–H and O–H groups in total. The van der Waals surface area contributed by atoms with Gasteiger partial charge in [0.05, 0.1) is 4.90 Å². The molecule has 0 unspecified atom stereocenters. The number of hydrogen-bond donors (Lipinski definition) is 2. The van der Waals surface area contributed by atoms with Crippen LogP contribution in [0.1, 0.15) is 33.5 Å². The van der Waals surface area contributed by atoms with Crippen molar-refractivity contribution in [2.75, 3.05) is 11.3 Å². The van der Waals surface area contributed by atoms with E-state index in [2.05, 4.69) is 41.2 Å². The maximum absolute atomic E-state index is 12.7. The monoisotopic (exact) mass is 422 g/mol. The highest BCUT2D eigenvalue weighted by atomic mass is 32.2. The van der Waals surface area contributed by atoms with Gasteiger partial charge in [0.15, 0.2) is 0 Å². The van der Waals surface area contributed by atoms with Crippen LogP contribution in [0.15, 0.2) is 77.7 Å². The molecule has 0 spiro atoms. The molecule has 0 aliphatic rings. The molecule has 5 nitrogen and oxygen atoms in total. The van der Waals surface area contributed by atoms with Gasteiger partial charge in [0.2, 0.25) is 0 Å². The van der Waals surface area contributed by atoms with Crippen LogP contribution in [0.25, 0.3) is 0 Å². The van der Waals surface area contributed by atoms with Crippen LogP contribution in [0, 0.1) is 13.8 Å². The third kappa shape index (κ3) is 5.94. The third-order valence-electron chi connectivity index (χ3n) is 4.76. The van der Waals surface area contributed by atoms with Gasteiger partial charge in [-0.2, -0.15) is 0 Å². The van der Waals surface area contributed by atoms with E-state index in [9.17, 15) is 13.2 Å². The van der Waals surface area contributed by atoms with E-state index in [4.69, 9.17) is 0 Å². The highest BCUT2D eigenvalue weighted by Gasteiger charge is 2.16. The molecule has 0 aliphatic carbocycles. The van der Waals surface area contributed by atoms with Crippen LogP contribution in [0.4, 0.5) is 5.69 Å². The van der Waals surface area contributed by atoms with Crippen molar-refractivity contribution in [1.29, 1.82) is 0 Å². The standard InChI is InChI=1S/C24H26N2O3S/c1-18-8-12-20(13-9-18)5-4-16-25-24(27)21-6-3-7-23(17-21)30(28,29)26-22-14-10-19(2)11-15-22/h3,6-15,17,26H,4-5,16H2,1-2H3,(H,25,27). The molecule has 0 heterocycles. The van der Waals surface area contributed by atoms with Gasteiger partial charge in [-0.05, 0) is 62.6 Å². The maximum atomic E-state index is 12.7. The molecule has 0 aliphatic heterocycles. The number of nitrogens with one attached hydrogen (secondary N) is 2. The Hall–Kier alpha value is -3.12. The van der Waals surface area contributed by atoms with E-state index in [0.717, 1.165) is 18.4 Å². The van der Waals surface area contributed by atoms with Gasteiger partial charge in [-0.3, -0.25) is 9.52 Å². The second kappa shape index (κ2) is 9.59. The fourth-order valence-electron chi connectivity index (χ4n) is 2.99. The molecule has 6 heteroatoms. The largest absolute Gasteiger partial charge is 0.352 e. The topological polar surface area (TPSA) is 75.3 Å². The van der Waals surface area contributed by atoms with Gasteiger partial charge in [-0.1, -0.05) is 53.6 Å². The van der Waals surface area contributed by atoms with Crippen molar-refractivity contribution in [3.8, 4) is 0 Å². The number of aryl methyl sites for hydroxylation is 3. The van der Waals surface area contributed by atoms with Crippen LogP contribution < -0.4 is 10.0 Å². The van der Waals surface area contributed by atoms with Gasteiger partial charge in [0.25, 0.3) is 15.9 Å². The van der Waals surface area contributed by atoms with Crippen molar-refractivity contribution in [1.82, 2.24) is 5.32 Å². The van der Waals surface area contributed by atoms with Gasteiger partial charge in [0.1, 0.15) is 0 Å². The number of sulfonamides is 1. The van der Waals surface area contributed by atoms with E-state index in [0.29, 0.717) is 17.8 Å². The third-order valence-corrected chi connectivity index (χ3v) is 6.14. The lowest BCUT2D eigenvalue weighted by Crippen LogP contribution is -2.25. The second-order valence-corrected chi connectivity index (χ2v) is 9.03. The predicted octanol–water partition coefficient (Wildman–Crippen LogP) is 4.47. The van der Waals surface area contributed by atoms with Crippen LogP contribution in [-0.2, 0) is 16.4 Å². The van der Waals surface area contributed by atoms with Gasteiger partial charge >= 0.3 is 0 Å². The first-order chi connectivity index (χ1) is 14.3. The van der Waals surface area contributed by atoms with Crippen molar-refractivity contribution >= 4 is 21.6 Å². The Kier molecular flexibility index (Phi) is 6.90. The summed E-state index contributed by atoms with van der Waals surface area (Å²) in [6.45, 7) is 4.50.